The van der Waals surface area contributed by atoms with Gasteiger partial charge >= 0.3 is 0 Å². The van der Waals surface area contributed by atoms with Crippen LogP contribution in [0.25, 0.3) is 16.6 Å². The average molecular weight is 402 g/mol. The van der Waals surface area contributed by atoms with Crippen LogP contribution in [0.3, 0.4) is 0 Å². The van der Waals surface area contributed by atoms with Crippen molar-refractivity contribution in [2.75, 3.05) is 6.61 Å². The van der Waals surface area contributed by atoms with Crippen LogP contribution in [0.15, 0.2) is 60.9 Å². The molecule has 150 valence electrons. The molecule has 8 nitrogen and oxygen atoms in total. The number of ether oxygens (including phenoxy) is 1. The van der Waals surface area contributed by atoms with Crippen LogP contribution in [0, 0.1) is 24.0 Å². The quantitative estimate of drug-likeness (QED) is 0.272. The molecule has 8 heteroatoms. The van der Waals surface area contributed by atoms with E-state index in [1.165, 1.54) is 24.5 Å². The second-order valence-electron chi connectivity index (χ2n) is 6.80. The van der Waals surface area contributed by atoms with Crippen LogP contribution < -0.4 is 4.74 Å². The van der Waals surface area contributed by atoms with E-state index in [0.29, 0.717) is 16.5 Å². The van der Waals surface area contributed by atoms with Crippen molar-refractivity contribution in [3.8, 4) is 11.6 Å². The second kappa shape index (κ2) is 7.75. The molecule has 30 heavy (non-hydrogen) atoms. The summed E-state index contributed by atoms with van der Waals surface area (Å²) in [6.45, 7) is 3.64. The molecular formula is C22H18N4O4. The highest BCUT2D eigenvalue weighted by Crippen LogP contribution is 2.26. The highest BCUT2D eigenvalue weighted by atomic mass is 16.6. The Kier molecular flexibility index (Phi) is 4.97. The van der Waals surface area contributed by atoms with Crippen LogP contribution in [-0.2, 0) is 0 Å². The van der Waals surface area contributed by atoms with E-state index in [1.807, 2.05) is 54.8 Å². The molecule has 0 saturated carbocycles. The van der Waals surface area contributed by atoms with Crippen LogP contribution in [0.2, 0.25) is 0 Å². The van der Waals surface area contributed by atoms with Gasteiger partial charge < -0.3 is 9.30 Å². The number of hydrogen-bond acceptors (Lipinski definition) is 6. The van der Waals surface area contributed by atoms with Gasteiger partial charge in [-0.25, -0.2) is 9.97 Å². The Morgan fingerprint density at radius 1 is 1.10 bits per heavy atom. The molecule has 0 N–H and O–H groups in total. The van der Waals surface area contributed by atoms with Crippen molar-refractivity contribution >= 4 is 22.4 Å². The van der Waals surface area contributed by atoms with Crippen LogP contribution in [-0.4, -0.2) is 31.8 Å². The summed E-state index contributed by atoms with van der Waals surface area (Å²) in [4.78, 5) is 31.4. The van der Waals surface area contributed by atoms with Gasteiger partial charge in [0.2, 0.25) is 11.7 Å². The predicted octanol–water partition coefficient (Wildman–Crippen LogP) is 4.21. The van der Waals surface area contributed by atoms with Gasteiger partial charge in [-0.05, 0) is 38.1 Å². The van der Waals surface area contributed by atoms with E-state index in [4.69, 9.17) is 4.74 Å². The number of para-hydroxylation sites is 1. The van der Waals surface area contributed by atoms with Crippen LogP contribution in [0.4, 0.5) is 5.69 Å². The summed E-state index contributed by atoms with van der Waals surface area (Å²) in [5.41, 5.74) is 3.64. The summed E-state index contributed by atoms with van der Waals surface area (Å²) in [5.74, 6) is 0.0269. The number of aromatic nitrogens is 3. The molecule has 0 radical (unpaired) electrons. The van der Waals surface area contributed by atoms with Gasteiger partial charge in [-0.1, -0.05) is 18.2 Å². The smallest absolute Gasteiger partial charge is 0.271 e. The van der Waals surface area contributed by atoms with Gasteiger partial charge in [0.15, 0.2) is 6.61 Å². The lowest BCUT2D eigenvalue weighted by Crippen LogP contribution is -2.13. The van der Waals surface area contributed by atoms with E-state index in [1.54, 1.807) is 0 Å². The molecule has 2 heterocycles. The molecule has 4 rings (SSSR count). The summed E-state index contributed by atoms with van der Waals surface area (Å²) in [7, 11) is 0. The third-order valence-electron chi connectivity index (χ3n) is 4.88. The van der Waals surface area contributed by atoms with Gasteiger partial charge in [-0.2, -0.15) is 0 Å². The third kappa shape index (κ3) is 3.50. The first-order chi connectivity index (χ1) is 14.5. The zero-order chi connectivity index (χ0) is 21.3. The SMILES string of the molecule is Cc1cc(C(=O)COc2ncnc3cc([N+](=O)[O-])ccc23)c(C)n1-c1ccccc1. The molecule has 0 unspecified atom stereocenters. The van der Waals surface area contributed by atoms with E-state index >= 15 is 0 Å². The Morgan fingerprint density at radius 2 is 1.87 bits per heavy atom. The van der Waals surface area contributed by atoms with Crippen LogP contribution in [0.1, 0.15) is 21.7 Å². The topological polar surface area (TPSA) is 100 Å². The number of carbonyl (C=O) groups excluding carboxylic acids is 1. The summed E-state index contributed by atoms with van der Waals surface area (Å²) < 4.78 is 7.69. The number of rotatable bonds is 6. The zero-order valence-electron chi connectivity index (χ0n) is 16.4. The molecule has 2 aromatic heterocycles. The summed E-state index contributed by atoms with van der Waals surface area (Å²) in [6.07, 6.45) is 1.26. The van der Waals surface area contributed by atoms with E-state index in [0.717, 1.165) is 17.1 Å². The van der Waals surface area contributed by atoms with Crippen LogP contribution >= 0.6 is 0 Å². The minimum absolute atomic E-state index is 0.0726. The molecule has 4 aromatic rings. The lowest BCUT2D eigenvalue weighted by atomic mass is 10.1. The first-order valence-corrected chi connectivity index (χ1v) is 9.25. The molecular weight excluding hydrogens is 384 g/mol. The van der Waals surface area contributed by atoms with Gasteiger partial charge in [-0.3, -0.25) is 14.9 Å². The Labute approximate surface area is 171 Å². The number of Topliss-reactive ketones (excluding diaryl/α,β-unsaturated/α-hetero) is 1. The Balaban J connectivity index is 1.58. The predicted molar refractivity (Wildman–Crippen MR) is 111 cm³/mol. The molecule has 0 fully saturated rings. The third-order valence-corrected chi connectivity index (χ3v) is 4.88. The van der Waals surface area contributed by atoms with Crippen molar-refractivity contribution in [3.05, 3.63) is 88.0 Å². The molecule has 0 amide bonds. The monoisotopic (exact) mass is 402 g/mol. The minimum Gasteiger partial charge on any atom is -0.469 e. The molecule has 0 bridgehead atoms. The Morgan fingerprint density at radius 3 is 2.60 bits per heavy atom. The second-order valence-corrected chi connectivity index (χ2v) is 6.80. The molecule has 0 atom stereocenters. The lowest BCUT2D eigenvalue weighted by molar-refractivity contribution is -0.384. The first-order valence-electron chi connectivity index (χ1n) is 9.25. The summed E-state index contributed by atoms with van der Waals surface area (Å²) in [5, 5.41) is 11.5. The Hall–Kier alpha value is -4.07. The van der Waals surface area contributed by atoms with Crippen molar-refractivity contribution in [1.82, 2.24) is 14.5 Å². The molecule has 0 aliphatic carbocycles. The summed E-state index contributed by atoms with van der Waals surface area (Å²) >= 11 is 0. The Bertz CT molecular complexity index is 1270. The minimum atomic E-state index is -0.492. The number of hydrogen-bond donors (Lipinski definition) is 0. The number of benzene rings is 2. The van der Waals surface area contributed by atoms with Gasteiger partial charge in [0.25, 0.3) is 5.69 Å². The number of non-ortho nitro benzene ring substituents is 1. The number of nitro benzene ring substituents is 1. The number of ketones is 1. The maximum atomic E-state index is 12.8. The number of nitrogens with zero attached hydrogens (tertiary/aromatic N) is 4. The van der Waals surface area contributed by atoms with E-state index in [9.17, 15) is 14.9 Å². The fraction of sp³-hybridized carbons (Fsp3) is 0.136. The molecule has 0 spiro atoms. The number of nitro groups is 1. The highest BCUT2D eigenvalue weighted by Gasteiger charge is 2.18. The molecule has 2 aromatic carbocycles. The number of fused-ring (bicyclic) bond motifs is 1. The van der Waals surface area contributed by atoms with E-state index in [-0.39, 0.29) is 24.0 Å². The lowest BCUT2D eigenvalue weighted by Gasteiger charge is -2.10. The molecule has 0 aliphatic rings. The van der Waals surface area contributed by atoms with Gasteiger partial charge in [-0.15, -0.1) is 0 Å². The van der Waals surface area contributed by atoms with E-state index in [2.05, 4.69) is 9.97 Å². The van der Waals surface area contributed by atoms with Crippen molar-refractivity contribution < 1.29 is 14.5 Å². The van der Waals surface area contributed by atoms with Crippen molar-refractivity contribution in [3.63, 3.8) is 0 Å². The van der Waals surface area contributed by atoms with Crippen molar-refractivity contribution in [2.24, 2.45) is 0 Å². The number of carbonyl (C=O) groups is 1. The molecule has 0 saturated heterocycles. The average Bonchev–Trinajstić information content (AvgIpc) is 3.06. The maximum Gasteiger partial charge on any atom is 0.271 e. The normalized spacial score (nSPS) is 10.9. The number of aryl methyl sites for hydroxylation is 1. The highest BCUT2D eigenvalue weighted by molar-refractivity contribution is 5.99. The fourth-order valence-electron chi connectivity index (χ4n) is 3.48. The fourth-order valence-corrected chi connectivity index (χ4v) is 3.48. The van der Waals surface area contributed by atoms with Gasteiger partial charge in [0.05, 0.1) is 15.8 Å². The maximum absolute atomic E-state index is 12.8. The standard InChI is InChI=1S/C22H18N4O4/c1-14-10-19(15(2)25(14)16-6-4-3-5-7-16)21(27)12-30-22-18-9-8-17(26(28)29)11-20(18)23-13-24-22/h3-11,13H,12H2,1-2H3. The van der Waals surface area contributed by atoms with Crippen LogP contribution in [0.5, 0.6) is 5.88 Å². The van der Waals surface area contributed by atoms with Gasteiger partial charge in [0.1, 0.15) is 6.33 Å². The zero-order valence-corrected chi connectivity index (χ0v) is 16.4. The van der Waals surface area contributed by atoms with Crippen molar-refractivity contribution in [2.45, 2.75) is 13.8 Å². The van der Waals surface area contributed by atoms with Crippen molar-refractivity contribution in [1.29, 1.82) is 0 Å². The largest absolute Gasteiger partial charge is 0.469 e. The van der Waals surface area contributed by atoms with E-state index < -0.39 is 4.92 Å². The first kappa shape index (κ1) is 19.3. The van der Waals surface area contributed by atoms with Gasteiger partial charge in [0, 0.05) is 34.8 Å². The molecule has 0 aliphatic heterocycles. The summed E-state index contributed by atoms with van der Waals surface area (Å²) in [6, 6.07) is 15.9.